The lowest BCUT2D eigenvalue weighted by Crippen LogP contribution is -2.32. The van der Waals surface area contributed by atoms with Crippen molar-refractivity contribution in [2.45, 2.75) is 12.5 Å². The van der Waals surface area contributed by atoms with Crippen molar-refractivity contribution in [2.75, 3.05) is 6.61 Å². The quantitative estimate of drug-likeness (QED) is 0.834. The van der Waals surface area contributed by atoms with E-state index in [-0.39, 0.29) is 11.9 Å². The van der Waals surface area contributed by atoms with Gasteiger partial charge in [0.2, 0.25) is 0 Å². The Morgan fingerprint density at radius 3 is 3.00 bits per heavy atom. The van der Waals surface area contributed by atoms with Gasteiger partial charge in [0, 0.05) is 18.2 Å². The normalized spacial score (nSPS) is 16.9. The van der Waals surface area contributed by atoms with Gasteiger partial charge in [0.15, 0.2) is 0 Å². The summed E-state index contributed by atoms with van der Waals surface area (Å²) in [5.41, 5.74) is 1.50. The van der Waals surface area contributed by atoms with Crippen LogP contribution >= 0.6 is 12.2 Å². The fraction of sp³-hybridized carbons (Fsp3) is 0.200. The molecule has 0 saturated heterocycles. The first-order valence-electron chi connectivity index (χ1n) is 6.46. The summed E-state index contributed by atoms with van der Waals surface area (Å²) in [6, 6.07) is 11.2. The SMILES string of the molecule is O=C(N[C@@H]1CCOc2ccccc21)c1ccc[nH]c1=S. The zero-order valence-corrected chi connectivity index (χ0v) is 11.6. The summed E-state index contributed by atoms with van der Waals surface area (Å²) in [6.45, 7) is 0.601. The molecule has 2 heterocycles. The Bertz CT molecular complexity index is 696. The average molecular weight is 286 g/mol. The molecule has 0 fully saturated rings. The molecular formula is C15H14N2O2S. The third-order valence-electron chi connectivity index (χ3n) is 3.33. The number of carbonyl (C=O) groups is 1. The molecule has 1 aromatic heterocycles. The maximum atomic E-state index is 12.3. The molecule has 1 aliphatic heterocycles. The van der Waals surface area contributed by atoms with Crippen molar-refractivity contribution in [2.24, 2.45) is 0 Å². The Balaban J connectivity index is 1.85. The lowest BCUT2D eigenvalue weighted by Gasteiger charge is -2.26. The van der Waals surface area contributed by atoms with Crippen LogP contribution in [-0.4, -0.2) is 17.5 Å². The van der Waals surface area contributed by atoms with Crippen molar-refractivity contribution < 1.29 is 9.53 Å². The topological polar surface area (TPSA) is 54.1 Å². The minimum absolute atomic E-state index is 0.0398. The number of fused-ring (bicyclic) bond motifs is 1. The predicted octanol–water partition coefficient (Wildman–Crippen LogP) is 3.00. The number of nitrogens with one attached hydrogen (secondary N) is 2. The number of aromatic amines is 1. The summed E-state index contributed by atoms with van der Waals surface area (Å²) < 4.78 is 6.04. The minimum Gasteiger partial charge on any atom is -0.493 e. The van der Waals surface area contributed by atoms with E-state index in [1.807, 2.05) is 24.3 Å². The Hall–Kier alpha value is -2.14. The second-order valence-corrected chi connectivity index (χ2v) is 5.02. The largest absolute Gasteiger partial charge is 0.493 e. The molecule has 102 valence electrons. The summed E-state index contributed by atoms with van der Waals surface area (Å²) in [5, 5.41) is 3.03. The Morgan fingerprint density at radius 1 is 1.30 bits per heavy atom. The summed E-state index contributed by atoms with van der Waals surface area (Å²) in [4.78, 5) is 15.2. The highest BCUT2D eigenvalue weighted by atomic mass is 32.1. The summed E-state index contributed by atoms with van der Waals surface area (Å²) >= 11 is 5.13. The number of aromatic nitrogens is 1. The maximum Gasteiger partial charge on any atom is 0.254 e. The molecule has 0 unspecified atom stereocenters. The number of hydrogen-bond acceptors (Lipinski definition) is 3. The molecule has 0 bridgehead atoms. The number of benzene rings is 1. The molecular weight excluding hydrogens is 272 g/mol. The number of carbonyl (C=O) groups excluding carboxylic acids is 1. The van der Waals surface area contributed by atoms with E-state index < -0.39 is 0 Å². The van der Waals surface area contributed by atoms with E-state index in [9.17, 15) is 4.79 Å². The van der Waals surface area contributed by atoms with Crippen molar-refractivity contribution in [1.29, 1.82) is 0 Å². The van der Waals surface area contributed by atoms with E-state index in [0.29, 0.717) is 16.8 Å². The minimum atomic E-state index is -0.159. The van der Waals surface area contributed by atoms with Gasteiger partial charge >= 0.3 is 0 Å². The van der Waals surface area contributed by atoms with E-state index in [2.05, 4.69) is 10.3 Å². The molecule has 1 amide bonds. The molecule has 1 aliphatic rings. The van der Waals surface area contributed by atoms with E-state index in [4.69, 9.17) is 17.0 Å². The van der Waals surface area contributed by atoms with Gasteiger partial charge in [-0.25, -0.2) is 0 Å². The second kappa shape index (κ2) is 5.46. The van der Waals surface area contributed by atoms with E-state index in [1.54, 1.807) is 18.3 Å². The molecule has 3 rings (SSSR count). The third-order valence-corrected chi connectivity index (χ3v) is 3.66. The third kappa shape index (κ3) is 2.44. The standard InChI is InChI=1S/C15H14N2O2S/c18-14(11-5-3-8-16-15(11)20)17-12-7-9-19-13-6-2-1-4-10(12)13/h1-6,8,12H,7,9H2,(H,16,20)(H,17,18)/t12-/m1/s1. The fourth-order valence-electron chi connectivity index (χ4n) is 2.33. The van der Waals surface area contributed by atoms with Gasteiger partial charge in [0.1, 0.15) is 10.4 Å². The molecule has 0 radical (unpaired) electrons. The molecule has 0 aliphatic carbocycles. The first-order valence-corrected chi connectivity index (χ1v) is 6.87. The highest BCUT2D eigenvalue weighted by molar-refractivity contribution is 7.71. The number of pyridine rings is 1. The van der Waals surface area contributed by atoms with Crippen molar-refractivity contribution in [3.63, 3.8) is 0 Å². The van der Waals surface area contributed by atoms with Crippen LogP contribution in [-0.2, 0) is 0 Å². The van der Waals surface area contributed by atoms with Crippen LogP contribution in [0.3, 0.4) is 0 Å². The molecule has 1 aromatic carbocycles. The smallest absolute Gasteiger partial charge is 0.254 e. The van der Waals surface area contributed by atoms with Crippen LogP contribution in [0.2, 0.25) is 0 Å². The van der Waals surface area contributed by atoms with E-state index >= 15 is 0 Å². The number of para-hydroxylation sites is 1. The number of hydrogen-bond donors (Lipinski definition) is 2. The van der Waals surface area contributed by atoms with Gasteiger partial charge in [-0.15, -0.1) is 0 Å². The zero-order valence-electron chi connectivity index (χ0n) is 10.8. The van der Waals surface area contributed by atoms with Gasteiger partial charge in [0.25, 0.3) is 5.91 Å². The van der Waals surface area contributed by atoms with Gasteiger partial charge < -0.3 is 15.0 Å². The average Bonchev–Trinajstić information content (AvgIpc) is 2.48. The zero-order chi connectivity index (χ0) is 13.9. The van der Waals surface area contributed by atoms with E-state index in [1.165, 1.54) is 0 Å². The number of amides is 1. The van der Waals surface area contributed by atoms with Crippen LogP contribution in [0, 0.1) is 4.64 Å². The lowest BCUT2D eigenvalue weighted by atomic mass is 10.0. The Labute approximate surface area is 121 Å². The summed E-state index contributed by atoms with van der Waals surface area (Å²) in [6.07, 6.45) is 2.47. The van der Waals surface area contributed by atoms with Crippen molar-refractivity contribution in [3.05, 3.63) is 58.4 Å². The number of H-pyrrole nitrogens is 1. The Kier molecular flexibility index (Phi) is 3.52. The van der Waals surface area contributed by atoms with Crippen molar-refractivity contribution in [3.8, 4) is 5.75 Å². The summed E-state index contributed by atoms with van der Waals surface area (Å²) in [7, 11) is 0. The number of ether oxygens (including phenoxy) is 1. The van der Waals surface area contributed by atoms with Gasteiger partial charge in [-0.05, 0) is 18.2 Å². The molecule has 20 heavy (non-hydrogen) atoms. The Morgan fingerprint density at radius 2 is 2.15 bits per heavy atom. The number of rotatable bonds is 2. The van der Waals surface area contributed by atoms with Crippen LogP contribution in [0.15, 0.2) is 42.6 Å². The first-order chi connectivity index (χ1) is 9.75. The van der Waals surface area contributed by atoms with E-state index in [0.717, 1.165) is 17.7 Å². The molecule has 2 N–H and O–H groups in total. The van der Waals surface area contributed by atoms with Crippen molar-refractivity contribution in [1.82, 2.24) is 10.3 Å². The van der Waals surface area contributed by atoms with Gasteiger partial charge in [-0.2, -0.15) is 0 Å². The molecule has 5 heteroatoms. The predicted molar refractivity (Wildman–Crippen MR) is 78.4 cm³/mol. The first kappa shape index (κ1) is 12.9. The van der Waals surface area contributed by atoms with Crippen LogP contribution in [0.25, 0.3) is 0 Å². The molecule has 2 aromatic rings. The maximum absolute atomic E-state index is 12.3. The molecule has 0 spiro atoms. The fourth-order valence-corrected chi connectivity index (χ4v) is 2.56. The summed E-state index contributed by atoms with van der Waals surface area (Å²) in [5.74, 6) is 0.677. The lowest BCUT2D eigenvalue weighted by molar-refractivity contribution is 0.0924. The van der Waals surface area contributed by atoms with Crippen LogP contribution in [0.1, 0.15) is 28.4 Å². The monoisotopic (exact) mass is 286 g/mol. The van der Waals surface area contributed by atoms with Crippen molar-refractivity contribution >= 4 is 18.1 Å². The van der Waals surface area contributed by atoms with Crippen LogP contribution in [0.5, 0.6) is 5.75 Å². The van der Waals surface area contributed by atoms with Gasteiger partial charge in [0.05, 0.1) is 18.2 Å². The van der Waals surface area contributed by atoms with Crippen LogP contribution < -0.4 is 10.1 Å². The molecule has 1 atom stereocenters. The molecule has 0 saturated carbocycles. The molecule has 4 nitrogen and oxygen atoms in total. The highest BCUT2D eigenvalue weighted by Crippen LogP contribution is 2.31. The van der Waals surface area contributed by atoms with Gasteiger partial charge in [-0.3, -0.25) is 4.79 Å². The van der Waals surface area contributed by atoms with Crippen LogP contribution in [0.4, 0.5) is 0 Å². The highest BCUT2D eigenvalue weighted by Gasteiger charge is 2.23. The second-order valence-electron chi connectivity index (χ2n) is 4.61. The van der Waals surface area contributed by atoms with Gasteiger partial charge in [-0.1, -0.05) is 30.4 Å².